The van der Waals surface area contributed by atoms with E-state index in [4.69, 9.17) is 9.72 Å². The van der Waals surface area contributed by atoms with Crippen molar-refractivity contribution in [2.45, 2.75) is 44.4 Å². The van der Waals surface area contributed by atoms with Gasteiger partial charge >= 0.3 is 0 Å². The number of methoxy groups -OCH3 is 1. The van der Waals surface area contributed by atoms with Crippen LogP contribution in [0.2, 0.25) is 0 Å². The Labute approximate surface area is 259 Å². The van der Waals surface area contributed by atoms with Gasteiger partial charge in [-0.05, 0) is 92.5 Å². The maximum atomic E-state index is 13.9. The number of fused-ring (bicyclic) bond motifs is 1. The minimum atomic E-state index is -3.95. The lowest BCUT2D eigenvalue weighted by Crippen LogP contribution is -2.48. The van der Waals surface area contributed by atoms with Gasteiger partial charge in [0.25, 0.3) is 15.9 Å². The summed E-state index contributed by atoms with van der Waals surface area (Å²) in [6, 6.07) is 13.0. The van der Waals surface area contributed by atoms with Crippen LogP contribution in [0.1, 0.15) is 47.2 Å². The van der Waals surface area contributed by atoms with E-state index in [2.05, 4.69) is 22.0 Å². The molecule has 0 atom stereocenters. The van der Waals surface area contributed by atoms with Crippen molar-refractivity contribution < 1.29 is 17.9 Å². The van der Waals surface area contributed by atoms with Crippen LogP contribution < -0.4 is 13.9 Å². The fraction of sp³-hybridized carbons (Fsp3) is 0.424. The number of carbonyl (C=O) groups is 1. The lowest BCUT2D eigenvalue weighted by atomic mass is 9.71. The lowest BCUT2D eigenvalue weighted by Gasteiger charge is -2.47. The summed E-state index contributed by atoms with van der Waals surface area (Å²) in [7, 11) is 0.883. The van der Waals surface area contributed by atoms with Gasteiger partial charge in [-0.15, -0.1) is 0 Å². The summed E-state index contributed by atoms with van der Waals surface area (Å²) in [5.74, 6) is 0.807. The van der Waals surface area contributed by atoms with E-state index in [-0.39, 0.29) is 22.2 Å². The molecule has 2 aliphatic heterocycles. The first-order valence-corrected chi connectivity index (χ1v) is 16.5. The van der Waals surface area contributed by atoms with E-state index in [1.54, 1.807) is 44.7 Å². The van der Waals surface area contributed by atoms with Gasteiger partial charge in [0, 0.05) is 58.4 Å². The number of aryl methyl sites for hydroxylation is 3. The number of amides is 1. The molecule has 2 aromatic carbocycles. The predicted octanol–water partition coefficient (Wildman–Crippen LogP) is 4.94. The third-order valence-electron chi connectivity index (χ3n) is 9.63. The van der Waals surface area contributed by atoms with Gasteiger partial charge in [-0.25, -0.2) is 17.7 Å². The van der Waals surface area contributed by atoms with E-state index < -0.39 is 10.0 Å². The molecule has 11 heteroatoms. The van der Waals surface area contributed by atoms with Crippen molar-refractivity contribution in [1.82, 2.24) is 19.4 Å². The molecule has 0 bridgehead atoms. The number of nitrogens with zero attached hydrogens (tertiary/aromatic N) is 6. The van der Waals surface area contributed by atoms with E-state index in [0.29, 0.717) is 46.6 Å². The van der Waals surface area contributed by atoms with Gasteiger partial charge in [0.05, 0.1) is 28.6 Å². The number of piperidine rings is 2. The van der Waals surface area contributed by atoms with Crippen molar-refractivity contribution in [2.75, 3.05) is 49.5 Å². The molecule has 1 amide bonds. The Morgan fingerprint density at radius 3 is 2.18 bits per heavy atom. The van der Waals surface area contributed by atoms with Crippen molar-refractivity contribution in [1.29, 1.82) is 0 Å². The highest BCUT2D eigenvalue weighted by atomic mass is 32.2. The standard InChI is InChI=1S/C33H40N6O4S/c1-23-21-26(43-5)22-24(2)30(23)44(41,42)37(4)32-35-28-8-6-7-27(29(28)36(32)3)31(40)39-19-13-33(14-20-39)11-17-38(18-12-33)25-9-15-34-16-10-25/h6-10,15-16,21-22H,11-14,17-20H2,1-5H3. The molecule has 0 unspecified atom stereocenters. The van der Waals surface area contributed by atoms with Gasteiger partial charge in [0.1, 0.15) is 5.75 Å². The number of benzene rings is 2. The maximum Gasteiger partial charge on any atom is 0.266 e. The number of sulfonamides is 1. The first-order valence-electron chi connectivity index (χ1n) is 15.1. The Hall–Kier alpha value is -4.12. The molecule has 10 nitrogen and oxygen atoms in total. The Kier molecular flexibility index (Phi) is 7.77. The molecule has 44 heavy (non-hydrogen) atoms. The fourth-order valence-electron chi connectivity index (χ4n) is 7.04. The van der Waals surface area contributed by atoms with Crippen LogP contribution in [0.15, 0.2) is 59.8 Å². The number of carbonyl (C=O) groups excluding carboxylic acids is 1. The molecule has 0 N–H and O–H groups in total. The molecular weight excluding hydrogens is 576 g/mol. The van der Waals surface area contributed by atoms with Crippen molar-refractivity contribution in [3.63, 3.8) is 0 Å². The number of ether oxygens (including phenoxy) is 1. The van der Waals surface area contributed by atoms with Crippen LogP contribution in [-0.4, -0.2) is 74.1 Å². The minimum absolute atomic E-state index is 0.0402. The SMILES string of the molecule is COc1cc(C)c(S(=O)(=O)N(C)c2nc3cccc(C(=O)N4CCC5(CC4)CCN(c4ccncc4)CC5)c3n2C)c(C)c1. The van der Waals surface area contributed by atoms with Crippen LogP contribution in [-0.2, 0) is 17.1 Å². The van der Waals surface area contributed by atoms with Crippen LogP contribution in [0.25, 0.3) is 11.0 Å². The lowest BCUT2D eigenvalue weighted by molar-refractivity contribution is 0.0516. The average Bonchev–Trinajstić information content (AvgIpc) is 3.37. The van der Waals surface area contributed by atoms with E-state index in [0.717, 1.165) is 38.8 Å². The van der Waals surface area contributed by atoms with Crippen molar-refractivity contribution in [3.8, 4) is 5.75 Å². The third-order valence-corrected chi connectivity index (χ3v) is 11.7. The monoisotopic (exact) mass is 616 g/mol. The quantitative estimate of drug-likeness (QED) is 0.303. The molecular formula is C33H40N6O4S. The maximum absolute atomic E-state index is 13.9. The van der Waals surface area contributed by atoms with Gasteiger partial charge in [0.2, 0.25) is 5.95 Å². The summed E-state index contributed by atoms with van der Waals surface area (Å²) in [5, 5.41) is 0. The molecule has 232 valence electrons. The molecule has 2 fully saturated rings. The second-order valence-corrected chi connectivity index (χ2v) is 14.1. The summed E-state index contributed by atoms with van der Waals surface area (Å²) in [6.45, 7) is 6.96. The van der Waals surface area contributed by atoms with Gasteiger partial charge in [-0.1, -0.05) is 6.07 Å². The first-order chi connectivity index (χ1) is 21.0. The Bertz CT molecular complexity index is 1780. The van der Waals surface area contributed by atoms with Gasteiger partial charge in [-0.3, -0.25) is 9.78 Å². The molecule has 0 aliphatic carbocycles. The number of hydrogen-bond acceptors (Lipinski definition) is 7. The molecule has 2 aromatic heterocycles. The molecule has 1 spiro atoms. The number of aromatic nitrogens is 3. The van der Waals surface area contributed by atoms with Crippen LogP contribution >= 0.6 is 0 Å². The van der Waals surface area contributed by atoms with Gasteiger partial charge in [0.15, 0.2) is 0 Å². The number of anilines is 2. The second kappa shape index (κ2) is 11.4. The molecule has 0 radical (unpaired) electrons. The molecule has 4 heterocycles. The Balaban J connectivity index is 1.21. The Morgan fingerprint density at radius 1 is 0.955 bits per heavy atom. The number of likely N-dealkylation sites (tertiary alicyclic amines) is 1. The smallest absolute Gasteiger partial charge is 0.266 e. The first kappa shape index (κ1) is 29.9. The summed E-state index contributed by atoms with van der Waals surface area (Å²) < 4.78 is 36.0. The van der Waals surface area contributed by atoms with Crippen molar-refractivity contribution >= 4 is 38.6 Å². The fourth-order valence-corrected chi connectivity index (χ4v) is 8.62. The Morgan fingerprint density at radius 2 is 1.57 bits per heavy atom. The molecule has 2 saturated heterocycles. The van der Waals surface area contributed by atoms with Crippen molar-refractivity contribution in [3.05, 3.63) is 71.5 Å². The summed E-state index contributed by atoms with van der Waals surface area (Å²) >= 11 is 0. The number of pyridine rings is 1. The van der Waals surface area contributed by atoms with E-state index in [1.807, 2.05) is 35.5 Å². The van der Waals surface area contributed by atoms with Gasteiger partial charge in [-0.2, -0.15) is 0 Å². The number of rotatable bonds is 6. The molecule has 0 saturated carbocycles. The highest BCUT2D eigenvalue weighted by molar-refractivity contribution is 7.92. The average molecular weight is 617 g/mol. The largest absolute Gasteiger partial charge is 0.497 e. The predicted molar refractivity (Wildman–Crippen MR) is 172 cm³/mol. The zero-order valence-corrected chi connectivity index (χ0v) is 26.9. The van der Waals surface area contributed by atoms with E-state index in [9.17, 15) is 13.2 Å². The minimum Gasteiger partial charge on any atom is -0.497 e. The molecule has 4 aromatic rings. The zero-order chi connectivity index (χ0) is 31.2. The summed E-state index contributed by atoms with van der Waals surface area (Å²) in [4.78, 5) is 27.4. The summed E-state index contributed by atoms with van der Waals surface area (Å²) in [6.07, 6.45) is 7.89. The van der Waals surface area contributed by atoms with Crippen LogP contribution in [0, 0.1) is 19.3 Å². The highest BCUT2D eigenvalue weighted by Crippen LogP contribution is 2.42. The third kappa shape index (κ3) is 5.16. The number of hydrogen-bond donors (Lipinski definition) is 0. The number of imidazole rings is 1. The molecule has 6 rings (SSSR count). The van der Waals surface area contributed by atoms with Crippen LogP contribution in [0.3, 0.4) is 0 Å². The van der Waals surface area contributed by atoms with Crippen LogP contribution in [0.5, 0.6) is 5.75 Å². The van der Waals surface area contributed by atoms with E-state index in [1.165, 1.54) is 17.0 Å². The highest BCUT2D eigenvalue weighted by Gasteiger charge is 2.39. The van der Waals surface area contributed by atoms with E-state index >= 15 is 0 Å². The van der Waals surface area contributed by atoms with Gasteiger partial charge < -0.3 is 19.1 Å². The summed E-state index contributed by atoms with van der Waals surface area (Å²) in [5.41, 5.74) is 4.41. The van der Waals surface area contributed by atoms with Crippen LogP contribution in [0.4, 0.5) is 11.6 Å². The zero-order valence-electron chi connectivity index (χ0n) is 26.1. The van der Waals surface area contributed by atoms with Crippen molar-refractivity contribution in [2.24, 2.45) is 12.5 Å². The molecule has 2 aliphatic rings. The second-order valence-electron chi connectivity index (χ2n) is 12.2. The normalized spacial score (nSPS) is 16.8. The topological polar surface area (TPSA) is 101 Å². The number of para-hydroxylation sites is 1.